The summed E-state index contributed by atoms with van der Waals surface area (Å²) in [6, 6.07) is 7.51. The van der Waals surface area contributed by atoms with E-state index in [1.54, 1.807) is 42.6 Å². The minimum absolute atomic E-state index is 0.206. The molecule has 2 rings (SSSR count). The summed E-state index contributed by atoms with van der Waals surface area (Å²) in [6.07, 6.45) is 1.93. The van der Waals surface area contributed by atoms with Gasteiger partial charge in [-0.25, -0.2) is 4.79 Å². The normalized spacial score (nSPS) is 10.4. The molecule has 126 valence electrons. The molecule has 0 aliphatic carbocycles. The summed E-state index contributed by atoms with van der Waals surface area (Å²) in [5.41, 5.74) is 1.37. The Bertz CT molecular complexity index is 792. The number of aromatic nitrogens is 1. The summed E-state index contributed by atoms with van der Waals surface area (Å²) < 4.78 is 11.7. The quantitative estimate of drug-likeness (QED) is 0.566. The fourth-order valence-corrected chi connectivity index (χ4v) is 3.38. The molecule has 24 heavy (non-hydrogen) atoms. The highest BCUT2D eigenvalue weighted by Crippen LogP contribution is 2.33. The molecule has 0 atom stereocenters. The number of hydrogen-bond acceptors (Lipinski definition) is 6. The van der Waals surface area contributed by atoms with Crippen LogP contribution < -0.4 is 0 Å². The summed E-state index contributed by atoms with van der Waals surface area (Å²) in [5.74, 6) is -0.375. The van der Waals surface area contributed by atoms with E-state index in [0.717, 1.165) is 0 Å². The summed E-state index contributed by atoms with van der Waals surface area (Å²) in [6.45, 7) is 4.05. The van der Waals surface area contributed by atoms with E-state index in [2.05, 4.69) is 6.07 Å². The van der Waals surface area contributed by atoms with Gasteiger partial charge in [0.15, 0.2) is 0 Å². The predicted molar refractivity (Wildman–Crippen MR) is 90.0 cm³/mol. The Morgan fingerprint density at radius 2 is 2.00 bits per heavy atom. The van der Waals surface area contributed by atoms with E-state index in [0.29, 0.717) is 34.0 Å². The topological polar surface area (TPSA) is 80.8 Å². The number of thioether (sulfide) groups is 1. The smallest absolute Gasteiger partial charge is 0.356 e. The fraction of sp³-hybridized carbons (Fsp3) is 0.353. The van der Waals surface area contributed by atoms with E-state index in [1.807, 2.05) is 0 Å². The van der Waals surface area contributed by atoms with Crippen LogP contribution in [0.1, 0.15) is 36.3 Å². The highest BCUT2D eigenvalue weighted by Gasteiger charge is 2.24. The van der Waals surface area contributed by atoms with Crippen molar-refractivity contribution in [3.63, 3.8) is 0 Å². The third-order valence-electron chi connectivity index (χ3n) is 3.24. The van der Waals surface area contributed by atoms with Gasteiger partial charge in [-0.15, -0.1) is 11.8 Å². The first kappa shape index (κ1) is 17.9. The molecular formula is C17H18N2O4S. The van der Waals surface area contributed by atoms with Crippen LogP contribution in [0.5, 0.6) is 0 Å². The molecule has 2 aromatic heterocycles. The molecule has 0 saturated heterocycles. The van der Waals surface area contributed by atoms with Crippen LogP contribution in [0.4, 0.5) is 0 Å². The molecule has 0 radical (unpaired) electrons. The van der Waals surface area contributed by atoms with Crippen molar-refractivity contribution in [3.05, 3.63) is 35.7 Å². The van der Waals surface area contributed by atoms with Crippen molar-refractivity contribution in [2.75, 3.05) is 19.0 Å². The number of carbonyl (C=O) groups excluding carboxylic acids is 2. The van der Waals surface area contributed by atoms with Gasteiger partial charge >= 0.3 is 11.9 Å². The van der Waals surface area contributed by atoms with Crippen molar-refractivity contribution in [3.8, 4) is 6.07 Å². The van der Waals surface area contributed by atoms with E-state index in [1.165, 1.54) is 11.8 Å². The number of nitrogens with zero attached hydrogens (tertiary/aromatic N) is 2. The number of carbonyl (C=O) groups is 2. The zero-order valence-electron chi connectivity index (χ0n) is 13.6. The van der Waals surface area contributed by atoms with Gasteiger partial charge in [-0.2, -0.15) is 5.26 Å². The summed E-state index contributed by atoms with van der Waals surface area (Å²) >= 11 is 1.29. The lowest BCUT2D eigenvalue weighted by Gasteiger charge is -2.06. The molecule has 0 unspecified atom stereocenters. The second-order valence-corrected chi connectivity index (χ2v) is 5.85. The van der Waals surface area contributed by atoms with Gasteiger partial charge < -0.3 is 13.9 Å². The highest BCUT2D eigenvalue weighted by atomic mass is 32.2. The molecular weight excluding hydrogens is 328 g/mol. The third kappa shape index (κ3) is 3.71. The molecule has 2 aromatic rings. The van der Waals surface area contributed by atoms with Crippen molar-refractivity contribution in [1.82, 2.24) is 4.40 Å². The van der Waals surface area contributed by atoms with E-state index in [-0.39, 0.29) is 19.0 Å². The largest absolute Gasteiger partial charge is 0.466 e. The second kappa shape index (κ2) is 8.41. The first-order valence-corrected chi connectivity index (χ1v) is 8.61. The minimum Gasteiger partial charge on any atom is -0.466 e. The molecule has 0 aliphatic rings. The maximum atomic E-state index is 12.4. The number of nitriles is 1. The van der Waals surface area contributed by atoms with Crippen molar-refractivity contribution in [2.45, 2.75) is 25.2 Å². The summed E-state index contributed by atoms with van der Waals surface area (Å²) in [7, 11) is 0. The second-order valence-electron chi connectivity index (χ2n) is 4.74. The Kier molecular flexibility index (Phi) is 6.27. The molecule has 0 aliphatic heterocycles. The van der Waals surface area contributed by atoms with Gasteiger partial charge in [0, 0.05) is 11.9 Å². The Balaban J connectivity index is 2.39. The first-order chi connectivity index (χ1) is 11.6. The molecule has 0 saturated carbocycles. The molecule has 2 heterocycles. The van der Waals surface area contributed by atoms with Crippen molar-refractivity contribution >= 4 is 29.2 Å². The molecule has 0 spiro atoms. The van der Waals surface area contributed by atoms with E-state index >= 15 is 0 Å². The maximum absolute atomic E-state index is 12.4. The molecule has 0 fully saturated rings. The lowest BCUT2D eigenvalue weighted by atomic mass is 10.2. The monoisotopic (exact) mass is 346 g/mol. The number of esters is 2. The van der Waals surface area contributed by atoms with E-state index in [9.17, 15) is 14.9 Å². The van der Waals surface area contributed by atoms with Crippen LogP contribution in [-0.2, 0) is 14.3 Å². The number of rotatable bonds is 7. The minimum atomic E-state index is -0.487. The lowest BCUT2D eigenvalue weighted by molar-refractivity contribution is -0.142. The Morgan fingerprint density at radius 1 is 1.25 bits per heavy atom. The van der Waals surface area contributed by atoms with Gasteiger partial charge in [0.1, 0.15) is 11.8 Å². The zero-order valence-corrected chi connectivity index (χ0v) is 14.4. The van der Waals surface area contributed by atoms with E-state index in [4.69, 9.17) is 9.47 Å². The van der Waals surface area contributed by atoms with Crippen LogP contribution in [0, 0.1) is 11.3 Å². The average molecular weight is 346 g/mol. The lowest BCUT2D eigenvalue weighted by Crippen LogP contribution is -2.09. The number of ether oxygens (including phenoxy) is 2. The van der Waals surface area contributed by atoms with Crippen LogP contribution in [-0.4, -0.2) is 35.3 Å². The van der Waals surface area contributed by atoms with Crippen molar-refractivity contribution in [2.24, 2.45) is 0 Å². The van der Waals surface area contributed by atoms with Crippen LogP contribution in [0.3, 0.4) is 0 Å². The van der Waals surface area contributed by atoms with Gasteiger partial charge in [0.05, 0.1) is 35.6 Å². The van der Waals surface area contributed by atoms with Crippen molar-refractivity contribution < 1.29 is 19.1 Å². The van der Waals surface area contributed by atoms with Gasteiger partial charge in [-0.05, 0) is 26.0 Å². The molecule has 7 heteroatoms. The molecule has 0 amide bonds. The van der Waals surface area contributed by atoms with Crippen LogP contribution >= 0.6 is 11.8 Å². The molecule has 6 nitrogen and oxygen atoms in total. The van der Waals surface area contributed by atoms with Gasteiger partial charge in [-0.3, -0.25) is 4.79 Å². The molecule has 0 N–H and O–H groups in total. The maximum Gasteiger partial charge on any atom is 0.356 e. The Morgan fingerprint density at radius 3 is 2.67 bits per heavy atom. The zero-order chi connectivity index (χ0) is 17.5. The number of fused-ring (bicyclic) bond motifs is 1. The summed E-state index contributed by atoms with van der Waals surface area (Å²) in [4.78, 5) is 24.4. The fourth-order valence-electron chi connectivity index (χ4n) is 2.29. The average Bonchev–Trinajstić information content (AvgIpc) is 2.88. The van der Waals surface area contributed by atoms with Gasteiger partial charge in [-0.1, -0.05) is 6.07 Å². The summed E-state index contributed by atoms with van der Waals surface area (Å²) in [5, 5.41) is 9.51. The van der Waals surface area contributed by atoms with Crippen LogP contribution in [0.2, 0.25) is 0 Å². The SMILES string of the molecule is CCOC(=O)CCSc1c(C#N)c2ccccn2c1C(=O)OCC. The van der Waals surface area contributed by atoms with Gasteiger partial charge in [0.2, 0.25) is 0 Å². The van der Waals surface area contributed by atoms with Crippen LogP contribution in [0.25, 0.3) is 5.52 Å². The molecule has 0 aromatic carbocycles. The van der Waals surface area contributed by atoms with E-state index < -0.39 is 5.97 Å². The molecule has 0 bridgehead atoms. The van der Waals surface area contributed by atoms with Gasteiger partial charge in [0.25, 0.3) is 0 Å². The highest BCUT2D eigenvalue weighted by molar-refractivity contribution is 7.99. The predicted octanol–water partition coefficient (Wildman–Crippen LogP) is 3.03. The number of hydrogen-bond donors (Lipinski definition) is 0. The van der Waals surface area contributed by atoms with Crippen molar-refractivity contribution in [1.29, 1.82) is 5.26 Å². The Hall–Kier alpha value is -2.46. The van der Waals surface area contributed by atoms with Crippen LogP contribution in [0.15, 0.2) is 29.3 Å². The first-order valence-electron chi connectivity index (χ1n) is 7.62. The number of pyridine rings is 1. The third-order valence-corrected chi connectivity index (χ3v) is 4.33. The Labute approximate surface area is 144 Å². The standard InChI is InChI=1S/C17H18N2O4S/c1-3-22-14(20)8-10-24-16-12(11-18)13-7-5-6-9-19(13)15(16)17(21)23-4-2/h5-7,9H,3-4,8,10H2,1-2H3.